The van der Waals surface area contributed by atoms with Crippen LogP contribution in [0, 0.1) is 5.82 Å². The smallest absolute Gasteiger partial charge is 0.142 e. The van der Waals surface area contributed by atoms with Gasteiger partial charge in [0.1, 0.15) is 5.82 Å². The first-order chi connectivity index (χ1) is 8.69. The predicted molar refractivity (Wildman–Crippen MR) is 65.9 cm³/mol. The maximum absolute atomic E-state index is 13.2. The molecular formula is C12H13ClFN3O. The molecular weight excluding hydrogens is 257 g/mol. The van der Waals surface area contributed by atoms with Crippen LogP contribution in [0.15, 0.2) is 24.4 Å². The summed E-state index contributed by atoms with van der Waals surface area (Å²) in [6.07, 6.45) is 3.14. The number of aliphatic hydroxyl groups is 1. The Balaban J connectivity index is 2.04. The van der Waals surface area contributed by atoms with Gasteiger partial charge in [-0.3, -0.25) is 0 Å². The molecule has 0 atom stereocenters. The highest BCUT2D eigenvalue weighted by Gasteiger charge is 2.04. The molecule has 6 heteroatoms. The maximum atomic E-state index is 13.2. The molecule has 4 nitrogen and oxygen atoms in total. The zero-order chi connectivity index (χ0) is 13.0. The van der Waals surface area contributed by atoms with E-state index in [0.717, 1.165) is 11.3 Å². The number of hydrogen-bond acceptors (Lipinski definition) is 3. The second-order valence-electron chi connectivity index (χ2n) is 3.98. The summed E-state index contributed by atoms with van der Waals surface area (Å²) in [5, 5.41) is 16.7. The number of hydrogen-bond donors (Lipinski definition) is 1. The third kappa shape index (κ3) is 3.27. The van der Waals surface area contributed by atoms with Crippen LogP contribution < -0.4 is 0 Å². The molecule has 0 bridgehead atoms. The highest BCUT2D eigenvalue weighted by molar-refractivity contribution is 6.30. The van der Waals surface area contributed by atoms with E-state index in [1.165, 1.54) is 12.1 Å². The first-order valence-electron chi connectivity index (χ1n) is 5.63. The summed E-state index contributed by atoms with van der Waals surface area (Å²) < 4.78 is 14.9. The average Bonchev–Trinajstić information content (AvgIpc) is 2.79. The lowest BCUT2D eigenvalue weighted by Gasteiger charge is -2.01. The topological polar surface area (TPSA) is 50.9 Å². The van der Waals surface area contributed by atoms with Crippen LogP contribution >= 0.6 is 11.6 Å². The van der Waals surface area contributed by atoms with Gasteiger partial charge in [0, 0.05) is 12.8 Å². The van der Waals surface area contributed by atoms with E-state index in [-0.39, 0.29) is 11.6 Å². The molecule has 0 saturated carbocycles. The predicted octanol–water partition coefficient (Wildman–Crippen LogP) is 2.04. The van der Waals surface area contributed by atoms with Crippen LogP contribution in [0.1, 0.15) is 17.7 Å². The van der Waals surface area contributed by atoms with E-state index in [1.54, 1.807) is 16.9 Å². The average molecular weight is 270 g/mol. The lowest BCUT2D eigenvalue weighted by molar-refractivity contribution is 0.288. The molecule has 0 unspecified atom stereocenters. The largest absolute Gasteiger partial charge is 0.396 e. The number of aliphatic hydroxyl groups excluding tert-OH is 1. The van der Waals surface area contributed by atoms with Gasteiger partial charge >= 0.3 is 0 Å². The van der Waals surface area contributed by atoms with Gasteiger partial charge in [0.2, 0.25) is 0 Å². The first-order valence-corrected chi connectivity index (χ1v) is 6.00. The van der Waals surface area contributed by atoms with Gasteiger partial charge in [-0.15, -0.1) is 5.10 Å². The quantitative estimate of drug-likeness (QED) is 0.904. The van der Waals surface area contributed by atoms with Crippen molar-refractivity contribution in [2.45, 2.75) is 19.4 Å². The van der Waals surface area contributed by atoms with Gasteiger partial charge < -0.3 is 5.11 Å². The second kappa shape index (κ2) is 5.93. The number of aryl methyl sites for hydroxylation is 1. The van der Waals surface area contributed by atoms with E-state index in [1.807, 2.05) is 0 Å². The molecule has 0 saturated heterocycles. The summed E-state index contributed by atoms with van der Waals surface area (Å²) >= 11 is 5.61. The Labute approximate surface area is 109 Å². The van der Waals surface area contributed by atoms with E-state index in [4.69, 9.17) is 16.7 Å². The van der Waals surface area contributed by atoms with Crippen LogP contribution in [0.25, 0.3) is 0 Å². The minimum atomic E-state index is -0.435. The molecule has 1 N–H and O–H groups in total. The van der Waals surface area contributed by atoms with Crippen molar-refractivity contribution in [3.63, 3.8) is 0 Å². The van der Waals surface area contributed by atoms with Gasteiger partial charge in [0.15, 0.2) is 0 Å². The molecule has 2 rings (SSSR count). The van der Waals surface area contributed by atoms with Gasteiger partial charge in [0.05, 0.1) is 17.3 Å². The minimum absolute atomic E-state index is 0.112. The Hall–Kier alpha value is -1.46. The zero-order valence-electron chi connectivity index (χ0n) is 9.68. The maximum Gasteiger partial charge on any atom is 0.142 e. The van der Waals surface area contributed by atoms with E-state index in [9.17, 15) is 4.39 Å². The van der Waals surface area contributed by atoms with Crippen LogP contribution in [0.4, 0.5) is 4.39 Å². The van der Waals surface area contributed by atoms with Gasteiger partial charge in [-0.25, -0.2) is 9.07 Å². The Morgan fingerprint density at radius 3 is 2.94 bits per heavy atom. The molecule has 0 aliphatic carbocycles. The van der Waals surface area contributed by atoms with Gasteiger partial charge in [0.25, 0.3) is 0 Å². The van der Waals surface area contributed by atoms with Crippen molar-refractivity contribution in [3.05, 3.63) is 46.5 Å². The van der Waals surface area contributed by atoms with Crippen molar-refractivity contribution < 1.29 is 9.50 Å². The Kier molecular flexibility index (Phi) is 4.28. The number of aromatic nitrogens is 3. The summed E-state index contributed by atoms with van der Waals surface area (Å²) in [6.45, 7) is 0.579. The molecule has 1 aromatic carbocycles. The summed E-state index contributed by atoms with van der Waals surface area (Å²) in [6, 6.07) is 4.66. The Morgan fingerprint density at radius 1 is 1.39 bits per heavy atom. The summed E-state index contributed by atoms with van der Waals surface area (Å²) in [4.78, 5) is 0. The van der Waals surface area contributed by atoms with Crippen LogP contribution in [0.2, 0.25) is 5.02 Å². The molecule has 0 amide bonds. The first kappa shape index (κ1) is 13.0. The third-order valence-electron chi connectivity index (χ3n) is 2.51. The monoisotopic (exact) mass is 269 g/mol. The number of rotatable bonds is 5. The molecule has 0 radical (unpaired) electrons. The summed E-state index contributed by atoms with van der Waals surface area (Å²) in [7, 11) is 0. The zero-order valence-corrected chi connectivity index (χ0v) is 10.4. The van der Waals surface area contributed by atoms with E-state index in [0.29, 0.717) is 19.4 Å². The van der Waals surface area contributed by atoms with E-state index in [2.05, 4.69) is 10.3 Å². The van der Waals surface area contributed by atoms with Gasteiger partial charge in [-0.05, 0) is 30.5 Å². The molecule has 96 valence electrons. The lowest BCUT2D eigenvalue weighted by atomic mass is 10.2. The van der Waals surface area contributed by atoms with Crippen molar-refractivity contribution in [1.29, 1.82) is 0 Å². The molecule has 18 heavy (non-hydrogen) atoms. The normalized spacial score (nSPS) is 10.8. The molecule has 0 spiro atoms. The molecule has 0 aliphatic heterocycles. The molecule has 2 aromatic rings. The molecule has 1 heterocycles. The van der Waals surface area contributed by atoms with Crippen LogP contribution in [-0.2, 0) is 13.0 Å². The number of benzene rings is 1. The van der Waals surface area contributed by atoms with Gasteiger partial charge in [-0.2, -0.15) is 0 Å². The summed E-state index contributed by atoms with van der Waals surface area (Å²) in [5.74, 6) is -0.435. The van der Waals surface area contributed by atoms with E-state index >= 15 is 0 Å². The lowest BCUT2D eigenvalue weighted by Crippen LogP contribution is -2.00. The van der Waals surface area contributed by atoms with Crippen LogP contribution in [0.5, 0.6) is 0 Å². The Morgan fingerprint density at radius 2 is 2.22 bits per heavy atom. The highest BCUT2D eigenvalue weighted by atomic mass is 35.5. The fourth-order valence-electron chi connectivity index (χ4n) is 1.62. The fourth-order valence-corrected chi connectivity index (χ4v) is 1.73. The van der Waals surface area contributed by atoms with Crippen molar-refractivity contribution in [2.24, 2.45) is 0 Å². The molecule has 1 aromatic heterocycles. The second-order valence-corrected chi connectivity index (χ2v) is 4.39. The summed E-state index contributed by atoms with van der Waals surface area (Å²) in [5.41, 5.74) is 1.59. The van der Waals surface area contributed by atoms with E-state index < -0.39 is 5.82 Å². The van der Waals surface area contributed by atoms with Crippen molar-refractivity contribution >= 4 is 11.6 Å². The minimum Gasteiger partial charge on any atom is -0.396 e. The number of nitrogens with zero attached hydrogens (tertiary/aromatic N) is 3. The van der Waals surface area contributed by atoms with Crippen molar-refractivity contribution in [1.82, 2.24) is 15.0 Å². The fraction of sp³-hybridized carbons (Fsp3) is 0.333. The third-order valence-corrected chi connectivity index (χ3v) is 2.81. The van der Waals surface area contributed by atoms with Crippen molar-refractivity contribution in [3.8, 4) is 0 Å². The van der Waals surface area contributed by atoms with Crippen LogP contribution in [0.3, 0.4) is 0 Å². The number of halogens is 2. The van der Waals surface area contributed by atoms with Crippen LogP contribution in [-0.4, -0.2) is 26.7 Å². The highest BCUT2D eigenvalue weighted by Crippen LogP contribution is 2.16. The molecule has 0 aliphatic rings. The van der Waals surface area contributed by atoms with Gasteiger partial charge in [-0.1, -0.05) is 22.9 Å². The standard InChI is InChI=1S/C12H13ClFN3O/c13-11-4-3-9(6-12(11)14)7-17-8-10(15-16-17)2-1-5-18/h3-4,6,8,18H,1-2,5,7H2. The SMILES string of the molecule is OCCCc1cn(Cc2ccc(Cl)c(F)c2)nn1. The molecule has 0 fully saturated rings. The Bertz CT molecular complexity index is 530. The van der Waals surface area contributed by atoms with Crippen molar-refractivity contribution in [2.75, 3.05) is 6.61 Å².